The molecule has 1 heterocycles. The van der Waals surface area contributed by atoms with Crippen molar-refractivity contribution in [1.82, 2.24) is 20.2 Å². The second-order valence-corrected chi connectivity index (χ2v) is 3.90. The van der Waals surface area contributed by atoms with Gasteiger partial charge in [-0.05, 0) is 22.6 Å². The van der Waals surface area contributed by atoms with Crippen molar-refractivity contribution in [1.29, 1.82) is 0 Å². The summed E-state index contributed by atoms with van der Waals surface area (Å²) in [4.78, 5) is 14.1. The summed E-state index contributed by atoms with van der Waals surface area (Å²) in [7, 11) is 5.49. The van der Waals surface area contributed by atoms with Gasteiger partial charge in [0.05, 0.1) is 0 Å². The minimum atomic E-state index is -0.179. The molecular formula is C11H13N5O. The zero-order valence-electron chi connectivity index (χ0n) is 9.95. The van der Waals surface area contributed by atoms with E-state index in [9.17, 15) is 4.79 Å². The van der Waals surface area contributed by atoms with E-state index in [-0.39, 0.29) is 11.6 Å². The standard InChI is InChI=1S/C11H13N5O/c1-15(2)9-6-4-5-8(7-9)10(17)11-12-13-14-16(11)3/h4-7H,1-3H3. The van der Waals surface area contributed by atoms with Gasteiger partial charge in [0.1, 0.15) is 0 Å². The molecule has 0 fully saturated rings. The average Bonchev–Trinajstić information content (AvgIpc) is 2.74. The molecule has 0 aliphatic rings. The van der Waals surface area contributed by atoms with Crippen molar-refractivity contribution < 1.29 is 4.79 Å². The van der Waals surface area contributed by atoms with Crippen LogP contribution in [0.4, 0.5) is 5.69 Å². The van der Waals surface area contributed by atoms with Gasteiger partial charge in [-0.2, -0.15) is 0 Å². The number of aromatic nitrogens is 4. The first-order chi connectivity index (χ1) is 8.09. The van der Waals surface area contributed by atoms with Gasteiger partial charge in [0.2, 0.25) is 11.6 Å². The number of carbonyl (C=O) groups excluding carboxylic acids is 1. The lowest BCUT2D eigenvalue weighted by Gasteiger charge is -2.12. The zero-order chi connectivity index (χ0) is 12.4. The van der Waals surface area contributed by atoms with Crippen molar-refractivity contribution >= 4 is 11.5 Å². The van der Waals surface area contributed by atoms with E-state index in [0.717, 1.165) is 5.69 Å². The summed E-state index contributed by atoms with van der Waals surface area (Å²) in [5.74, 6) is 0.0575. The molecule has 0 radical (unpaired) electrons. The molecule has 0 N–H and O–H groups in total. The third kappa shape index (κ3) is 2.15. The quantitative estimate of drug-likeness (QED) is 0.720. The number of nitrogens with zero attached hydrogens (tertiary/aromatic N) is 5. The number of carbonyl (C=O) groups is 1. The van der Waals surface area contributed by atoms with E-state index >= 15 is 0 Å². The van der Waals surface area contributed by atoms with Crippen LogP contribution < -0.4 is 4.90 Å². The van der Waals surface area contributed by atoms with Crippen LogP contribution in [0, 0.1) is 0 Å². The zero-order valence-corrected chi connectivity index (χ0v) is 9.95. The number of benzene rings is 1. The Morgan fingerprint density at radius 3 is 2.71 bits per heavy atom. The molecule has 6 heteroatoms. The molecule has 0 unspecified atom stereocenters. The van der Waals surface area contributed by atoms with E-state index in [0.29, 0.717) is 5.56 Å². The number of hydrogen-bond donors (Lipinski definition) is 0. The molecule has 0 bridgehead atoms. The summed E-state index contributed by atoms with van der Waals surface area (Å²) < 4.78 is 1.37. The van der Waals surface area contributed by atoms with Gasteiger partial charge in [-0.3, -0.25) is 4.79 Å². The lowest BCUT2D eigenvalue weighted by molar-refractivity contribution is 0.102. The van der Waals surface area contributed by atoms with Crippen molar-refractivity contribution in [3.05, 3.63) is 35.7 Å². The van der Waals surface area contributed by atoms with Gasteiger partial charge in [0, 0.05) is 32.4 Å². The molecule has 0 amide bonds. The van der Waals surface area contributed by atoms with E-state index in [4.69, 9.17) is 0 Å². The first-order valence-electron chi connectivity index (χ1n) is 5.14. The number of rotatable bonds is 3. The Bertz CT molecular complexity index is 546. The SMILES string of the molecule is CN(C)c1cccc(C(=O)c2nnnn2C)c1. The maximum atomic E-state index is 12.1. The van der Waals surface area contributed by atoms with Crippen molar-refractivity contribution in [2.45, 2.75) is 0 Å². The van der Waals surface area contributed by atoms with Crippen LogP contribution >= 0.6 is 0 Å². The van der Waals surface area contributed by atoms with E-state index in [1.54, 1.807) is 13.1 Å². The van der Waals surface area contributed by atoms with Gasteiger partial charge in [0.25, 0.3) is 0 Å². The number of ketones is 1. The van der Waals surface area contributed by atoms with Crippen LogP contribution in [0.15, 0.2) is 24.3 Å². The van der Waals surface area contributed by atoms with Crippen LogP contribution in [0.2, 0.25) is 0 Å². The highest BCUT2D eigenvalue weighted by Crippen LogP contribution is 2.15. The Kier molecular flexibility index (Phi) is 2.86. The van der Waals surface area contributed by atoms with Crippen molar-refractivity contribution in [2.75, 3.05) is 19.0 Å². The lowest BCUT2D eigenvalue weighted by atomic mass is 10.1. The van der Waals surface area contributed by atoms with E-state index < -0.39 is 0 Å². The van der Waals surface area contributed by atoms with Crippen LogP contribution in [0.25, 0.3) is 0 Å². The Morgan fingerprint density at radius 1 is 1.35 bits per heavy atom. The molecule has 0 atom stereocenters. The second-order valence-electron chi connectivity index (χ2n) is 3.90. The third-order valence-corrected chi connectivity index (χ3v) is 2.45. The molecule has 6 nitrogen and oxygen atoms in total. The second kappa shape index (κ2) is 4.32. The predicted molar refractivity (Wildman–Crippen MR) is 63.0 cm³/mol. The summed E-state index contributed by atoms with van der Waals surface area (Å²) in [6.07, 6.45) is 0. The highest BCUT2D eigenvalue weighted by molar-refractivity contribution is 6.06. The minimum Gasteiger partial charge on any atom is -0.378 e. The smallest absolute Gasteiger partial charge is 0.231 e. The molecular weight excluding hydrogens is 218 g/mol. The fourth-order valence-corrected chi connectivity index (χ4v) is 1.48. The Labute approximate surface area is 98.9 Å². The average molecular weight is 231 g/mol. The van der Waals surface area contributed by atoms with Gasteiger partial charge in [-0.1, -0.05) is 12.1 Å². The molecule has 0 saturated carbocycles. The maximum Gasteiger partial charge on any atom is 0.231 e. The molecule has 17 heavy (non-hydrogen) atoms. The minimum absolute atomic E-state index is 0.179. The molecule has 0 aliphatic carbocycles. The molecule has 88 valence electrons. The van der Waals surface area contributed by atoms with Gasteiger partial charge in [-0.25, -0.2) is 4.68 Å². The summed E-state index contributed by atoms with van der Waals surface area (Å²) in [5, 5.41) is 10.8. The van der Waals surface area contributed by atoms with Crippen LogP contribution in [-0.4, -0.2) is 40.1 Å². The Hall–Kier alpha value is -2.24. The van der Waals surface area contributed by atoms with Crippen molar-refractivity contribution in [2.24, 2.45) is 7.05 Å². The van der Waals surface area contributed by atoms with Crippen LogP contribution in [0.3, 0.4) is 0 Å². The molecule has 0 aliphatic heterocycles. The summed E-state index contributed by atoms with van der Waals surface area (Å²) in [6, 6.07) is 7.35. The van der Waals surface area contributed by atoms with Gasteiger partial charge in [0.15, 0.2) is 0 Å². The van der Waals surface area contributed by atoms with Gasteiger partial charge < -0.3 is 4.90 Å². The van der Waals surface area contributed by atoms with Crippen molar-refractivity contribution in [3.63, 3.8) is 0 Å². The van der Waals surface area contributed by atoms with Crippen LogP contribution in [-0.2, 0) is 7.05 Å². The fraction of sp³-hybridized carbons (Fsp3) is 0.273. The summed E-state index contributed by atoms with van der Waals surface area (Å²) in [6.45, 7) is 0. The predicted octanol–water partition coefficient (Wildman–Crippen LogP) is 0.507. The van der Waals surface area contributed by atoms with E-state index in [1.165, 1.54) is 4.68 Å². The number of anilines is 1. The molecule has 2 rings (SSSR count). The first-order valence-corrected chi connectivity index (χ1v) is 5.14. The highest BCUT2D eigenvalue weighted by atomic mass is 16.1. The van der Waals surface area contributed by atoms with Gasteiger partial charge >= 0.3 is 0 Å². The topological polar surface area (TPSA) is 63.9 Å². The summed E-state index contributed by atoms with van der Waals surface area (Å²) >= 11 is 0. The number of aryl methyl sites for hydroxylation is 1. The number of hydrogen-bond acceptors (Lipinski definition) is 5. The van der Waals surface area contributed by atoms with E-state index in [2.05, 4.69) is 15.5 Å². The highest BCUT2D eigenvalue weighted by Gasteiger charge is 2.15. The lowest BCUT2D eigenvalue weighted by Crippen LogP contribution is -2.12. The Morgan fingerprint density at radius 2 is 2.12 bits per heavy atom. The number of tetrazole rings is 1. The molecule has 0 saturated heterocycles. The third-order valence-electron chi connectivity index (χ3n) is 2.45. The Balaban J connectivity index is 2.38. The normalized spacial score (nSPS) is 10.3. The molecule has 0 spiro atoms. The van der Waals surface area contributed by atoms with Gasteiger partial charge in [-0.15, -0.1) is 5.10 Å². The molecule has 1 aromatic heterocycles. The summed E-state index contributed by atoms with van der Waals surface area (Å²) in [5.41, 5.74) is 1.54. The largest absolute Gasteiger partial charge is 0.378 e. The fourth-order valence-electron chi connectivity index (χ4n) is 1.48. The molecule has 2 aromatic rings. The first kappa shape index (κ1) is 11.3. The van der Waals surface area contributed by atoms with Crippen molar-refractivity contribution in [3.8, 4) is 0 Å². The maximum absolute atomic E-state index is 12.1. The monoisotopic (exact) mass is 231 g/mol. The van der Waals surface area contributed by atoms with Crippen LogP contribution in [0.1, 0.15) is 16.2 Å². The van der Waals surface area contributed by atoms with E-state index in [1.807, 2.05) is 37.2 Å². The molecule has 1 aromatic carbocycles. The van der Waals surface area contributed by atoms with Crippen LogP contribution in [0.5, 0.6) is 0 Å².